The predicted molar refractivity (Wildman–Crippen MR) is 62.0 cm³/mol. The summed E-state index contributed by atoms with van der Waals surface area (Å²) in [5.74, 6) is 1.15. The number of nitrogens with one attached hydrogen (secondary N) is 1. The maximum absolute atomic E-state index is 11.8. The molecular weight excluding hydrogens is 248 g/mol. The van der Waals surface area contributed by atoms with Crippen molar-refractivity contribution in [2.45, 2.75) is 18.1 Å². The maximum atomic E-state index is 11.8. The second-order valence-corrected chi connectivity index (χ2v) is 5.68. The van der Waals surface area contributed by atoms with Gasteiger partial charge in [-0.05, 0) is 26.0 Å². The third-order valence-electron chi connectivity index (χ3n) is 2.10. The highest BCUT2D eigenvalue weighted by Crippen LogP contribution is 2.26. The van der Waals surface area contributed by atoms with Crippen LogP contribution in [0.25, 0.3) is 0 Å². The number of aromatic nitrogens is 1. The van der Waals surface area contributed by atoms with Crippen LogP contribution in [0, 0.1) is 13.8 Å². The molecule has 2 heterocycles. The first-order chi connectivity index (χ1) is 7.58. The zero-order chi connectivity index (χ0) is 11.7. The number of thiophene rings is 1. The molecule has 0 aliphatic carbocycles. The summed E-state index contributed by atoms with van der Waals surface area (Å²) in [6.07, 6.45) is 0. The summed E-state index contributed by atoms with van der Waals surface area (Å²) in [5.41, 5.74) is 0.828. The first-order valence-electron chi connectivity index (χ1n) is 4.48. The largest absolute Gasteiger partial charge is 0.499 e. The normalized spacial score (nSPS) is 12.6. The van der Waals surface area contributed by atoms with Crippen molar-refractivity contribution in [3.05, 3.63) is 23.5 Å². The standard InChI is InChI=1S/C9H10N2O3S2/c1-5-6(2)14-10-9(5)11-16(13)8-4-3-7(12)15-8/h3-4,12H,1-2H3,(H,10,11). The quantitative estimate of drug-likeness (QED) is 0.885. The van der Waals surface area contributed by atoms with Crippen LogP contribution in [0.3, 0.4) is 0 Å². The Kier molecular flexibility index (Phi) is 2.97. The highest BCUT2D eigenvalue weighted by Gasteiger charge is 2.13. The molecule has 1 atom stereocenters. The van der Waals surface area contributed by atoms with E-state index in [1.165, 1.54) is 6.07 Å². The van der Waals surface area contributed by atoms with Crippen molar-refractivity contribution in [2.75, 3.05) is 4.72 Å². The van der Waals surface area contributed by atoms with E-state index in [0.29, 0.717) is 15.8 Å². The van der Waals surface area contributed by atoms with Crippen LogP contribution in [0.5, 0.6) is 5.06 Å². The van der Waals surface area contributed by atoms with Gasteiger partial charge in [-0.25, -0.2) is 4.21 Å². The number of hydrogen-bond donors (Lipinski definition) is 2. The van der Waals surface area contributed by atoms with Crippen LogP contribution < -0.4 is 4.72 Å². The van der Waals surface area contributed by atoms with Gasteiger partial charge < -0.3 is 9.63 Å². The van der Waals surface area contributed by atoms with E-state index in [1.54, 1.807) is 13.0 Å². The van der Waals surface area contributed by atoms with Crippen molar-refractivity contribution in [3.8, 4) is 5.06 Å². The Hall–Kier alpha value is -1.34. The number of rotatable bonds is 3. The first kappa shape index (κ1) is 11.2. The van der Waals surface area contributed by atoms with Gasteiger partial charge in [-0.15, -0.1) is 0 Å². The lowest BCUT2D eigenvalue weighted by Gasteiger charge is -1.99. The van der Waals surface area contributed by atoms with E-state index < -0.39 is 11.0 Å². The fourth-order valence-electron chi connectivity index (χ4n) is 1.06. The summed E-state index contributed by atoms with van der Waals surface area (Å²) in [7, 11) is -1.42. The summed E-state index contributed by atoms with van der Waals surface area (Å²) in [6.45, 7) is 3.62. The highest BCUT2D eigenvalue weighted by molar-refractivity contribution is 7.88. The van der Waals surface area contributed by atoms with Gasteiger partial charge in [-0.1, -0.05) is 16.5 Å². The Balaban J connectivity index is 2.17. The number of anilines is 1. The molecule has 0 aromatic carbocycles. The molecule has 5 nitrogen and oxygen atoms in total. The lowest BCUT2D eigenvalue weighted by molar-refractivity contribution is 0.399. The van der Waals surface area contributed by atoms with Gasteiger partial charge in [0.2, 0.25) is 0 Å². The van der Waals surface area contributed by atoms with Crippen molar-refractivity contribution in [2.24, 2.45) is 0 Å². The average molecular weight is 258 g/mol. The molecule has 2 aromatic rings. The van der Waals surface area contributed by atoms with Gasteiger partial charge in [0.15, 0.2) is 21.9 Å². The molecule has 1 unspecified atom stereocenters. The van der Waals surface area contributed by atoms with Gasteiger partial charge in [0.25, 0.3) is 0 Å². The minimum absolute atomic E-state index is 0.137. The maximum Gasteiger partial charge on any atom is 0.184 e. The molecule has 86 valence electrons. The zero-order valence-electron chi connectivity index (χ0n) is 8.68. The molecule has 0 amide bonds. The third kappa shape index (κ3) is 2.10. The zero-order valence-corrected chi connectivity index (χ0v) is 10.3. The molecule has 7 heteroatoms. The minimum Gasteiger partial charge on any atom is -0.499 e. The highest BCUT2D eigenvalue weighted by atomic mass is 32.2. The van der Waals surface area contributed by atoms with Crippen LogP contribution in [0.2, 0.25) is 0 Å². The Labute approximate surface area is 98.7 Å². The lowest BCUT2D eigenvalue weighted by Crippen LogP contribution is -2.04. The molecule has 0 saturated carbocycles. The molecule has 0 bridgehead atoms. The van der Waals surface area contributed by atoms with Crippen molar-refractivity contribution in [3.63, 3.8) is 0 Å². The summed E-state index contributed by atoms with van der Waals surface area (Å²) in [5, 5.41) is 13.0. The topological polar surface area (TPSA) is 75.4 Å². The number of hydrogen-bond acceptors (Lipinski definition) is 5. The van der Waals surface area contributed by atoms with E-state index in [1.807, 2.05) is 6.92 Å². The Bertz CT molecular complexity index is 533. The molecule has 0 aliphatic heterocycles. The summed E-state index contributed by atoms with van der Waals surface area (Å²) in [6, 6.07) is 3.10. The molecule has 2 N–H and O–H groups in total. The van der Waals surface area contributed by atoms with Crippen molar-refractivity contribution in [1.82, 2.24) is 5.16 Å². The molecule has 2 aromatic heterocycles. The fraction of sp³-hybridized carbons (Fsp3) is 0.222. The predicted octanol–water partition coefficient (Wildman–Crippen LogP) is 2.19. The van der Waals surface area contributed by atoms with E-state index in [4.69, 9.17) is 9.63 Å². The van der Waals surface area contributed by atoms with Gasteiger partial charge in [0.1, 0.15) is 9.97 Å². The number of nitrogens with zero attached hydrogens (tertiary/aromatic N) is 1. The fourth-order valence-corrected chi connectivity index (χ4v) is 2.88. The first-order valence-corrected chi connectivity index (χ1v) is 6.44. The van der Waals surface area contributed by atoms with Crippen LogP contribution in [0.15, 0.2) is 20.9 Å². The molecule has 0 spiro atoms. The lowest BCUT2D eigenvalue weighted by atomic mass is 10.3. The number of aryl methyl sites for hydroxylation is 1. The molecule has 0 radical (unpaired) electrons. The summed E-state index contributed by atoms with van der Waals surface area (Å²) in [4.78, 5) is 0. The molecule has 0 fully saturated rings. The Morgan fingerprint density at radius 3 is 2.75 bits per heavy atom. The number of aromatic hydroxyl groups is 1. The Morgan fingerprint density at radius 1 is 1.50 bits per heavy atom. The van der Waals surface area contributed by atoms with Gasteiger partial charge in [0.05, 0.1) is 0 Å². The van der Waals surface area contributed by atoms with E-state index in [2.05, 4.69) is 9.88 Å². The van der Waals surface area contributed by atoms with Crippen molar-refractivity contribution < 1.29 is 13.8 Å². The van der Waals surface area contributed by atoms with Crippen LogP contribution in [0.4, 0.5) is 5.82 Å². The van der Waals surface area contributed by atoms with E-state index >= 15 is 0 Å². The summed E-state index contributed by atoms with van der Waals surface area (Å²) >= 11 is 1.06. The van der Waals surface area contributed by atoms with Crippen LogP contribution in [-0.4, -0.2) is 14.5 Å². The smallest absolute Gasteiger partial charge is 0.184 e. The van der Waals surface area contributed by atoms with Crippen LogP contribution in [0.1, 0.15) is 11.3 Å². The third-order valence-corrected chi connectivity index (χ3v) is 4.36. The van der Waals surface area contributed by atoms with Crippen LogP contribution in [-0.2, 0) is 11.0 Å². The molecule has 2 rings (SSSR count). The SMILES string of the molecule is Cc1onc(NS(=O)c2ccc(O)s2)c1C. The molecule has 0 aliphatic rings. The van der Waals surface area contributed by atoms with E-state index in [9.17, 15) is 4.21 Å². The van der Waals surface area contributed by atoms with Gasteiger partial charge in [-0.3, -0.25) is 4.72 Å². The van der Waals surface area contributed by atoms with Crippen LogP contribution >= 0.6 is 11.3 Å². The molecule has 0 saturated heterocycles. The average Bonchev–Trinajstić information content (AvgIpc) is 2.79. The molecule has 16 heavy (non-hydrogen) atoms. The monoisotopic (exact) mass is 258 g/mol. The van der Waals surface area contributed by atoms with Gasteiger partial charge >= 0.3 is 0 Å². The van der Waals surface area contributed by atoms with E-state index in [0.717, 1.165) is 16.9 Å². The second-order valence-electron chi connectivity index (χ2n) is 3.18. The van der Waals surface area contributed by atoms with Gasteiger partial charge in [0, 0.05) is 5.56 Å². The molecular formula is C9H10N2O3S2. The Morgan fingerprint density at radius 2 is 2.25 bits per heavy atom. The second kappa shape index (κ2) is 4.26. The van der Waals surface area contributed by atoms with Crippen molar-refractivity contribution >= 4 is 28.1 Å². The minimum atomic E-state index is -1.42. The van der Waals surface area contributed by atoms with E-state index in [-0.39, 0.29) is 5.06 Å². The van der Waals surface area contributed by atoms with Gasteiger partial charge in [-0.2, -0.15) is 0 Å². The summed E-state index contributed by atoms with van der Waals surface area (Å²) < 4.78 is 20.0. The van der Waals surface area contributed by atoms with Crippen molar-refractivity contribution in [1.29, 1.82) is 0 Å².